The third-order valence-electron chi connectivity index (χ3n) is 12.2. The maximum absolute atomic E-state index is 2.69. The average molecular weight is 867 g/mol. The van der Waals surface area contributed by atoms with Gasteiger partial charge in [0.1, 0.15) is 0 Å². The van der Waals surface area contributed by atoms with Crippen molar-refractivity contribution in [1.82, 2.24) is 0 Å². The first kappa shape index (κ1) is 46.4. The third-order valence-corrected chi connectivity index (χ3v) is 20.2. The van der Waals surface area contributed by atoms with E-state index in [4.69, 9.17) is 0 Å². The summed E-state index contributed by atoms with van der Waals surface area (Å²) in [5.41, 5.74) is 23.5. The summed E-state index contributed by atoms with van der Waals surface area (Å²) in [6.07, 6.45) is 17.3. The zero-order valence-electron chi connectivity index (χ0n) is 37.2. The zero-order chi connectivity index (χ0) is 39.3. The van der Waals surface area contributed by atoms with Crippen molar-refractivity contribution >= 4 is 6.48 Å². The molecule has 0 amide bonds. The summed E-state index contributed by atoms with van der Waals surface area (Å²) in [5, 5.41) is 0. The minimum atomic E-state index is -2.66. The number of unbranched alkanes of at least 4 members (excludes halogenated alkanes) is 2. The number of hydrogen-bond donors (Lipinski definition) is 0. The van der Waals surface area contributed by atoms with Gasteiger partial charge in [-0.05, 0) is 0 Å². The molecule has 0 atom stereocenters. The minimum Gasteiger partial charge on any atom is -1.00 e. The van der Waals surface area contributed by atoms with Gasteiger partial charge in [-0.1, -0.05) is 0 Å². The Bertz CT molecular complexity index is 2150. The Hall–Kier alpha value is -2.31. The molecule has 0 unspecified atom stereocenters. The maximum Gasteiger partial charge on any atom is -1.00 e. The molecule has 6 rings (SSSR count). The van der Waals surface area contributed by atoms with Gasteiger partial charge < -0.3 is 24.8 Å². The second-order valence-corrected chi connectivity index (χ2v) is 25.4. The SMILES string of the molecule is CCCC[C](CCCC)=[Zr+2]([C]1=CC=CC1)[c]1c2c(cc(C(C)(C)C)c1-c1c(C)cc(C)cc1C)-c1cc(C(C)(C)C)c(-c3c(C)cc(C)cc3C)cc1C2.[Cl-].[Cl-]. The van der Waals surface area contributed by atoms with Gasteiger partial charge in [0.25, 0.3) is 0 Å². The van der Waals surface area contributed by atoms with Crippen molar-refractivity contribution in [1.29, 1.82) is 0 Å². The van der Waals surface area contributed by atoms with E-state index < -0.39 is 21.3 Å². The Balaban J connectivity index is 0.00000348. The Morgan fingerprint density at radius 1 is 0.589 bits per heavy atom. The fourth-order valence-corrected chi connectivity index (χ4v) is 18.7. The molecule has 2 aliphatic rings. The number of rotatable bonds is 10. The number of aryl methyl sites for hydroxylation is 6. The van der Waals surface area contributed by atoms with Gasteiger partial charge in [0, 0.05) is 0 Å². The van der Waals surface area contributed by atoms with E-state index in [2.05, 4.69) is 158 Å². The van der Waals surface area contributed by atoms with Gasteiger partial charge in [0.05, 0.1) is 0 Å². The predicted molar refractivity (Wildman–Crippen MR) is 237 cm³/mol. The van der Waals surface area contributed by atoms with Gasteiger partial charge in [-0.15, -0.1) is 0 Å². The molecule has 0 aromatic heterocycles. The summed E-state index contributed by atoms with van der Waals surface area (Å²) >= 11 is -2.66. The minimum absolute atomic E-state index is 0. The molecule has 0 saturated carbocycles. The van der Waals surface area contributed by atoms with Crippen LogP contribution in [-0.2, 0) is 38.5 Å². The summed E-state index contributed by atoms with van der Waals surface area (Å²) in [5.74, 6) is 0. The van der Waals surface area contributed by atoms with Gasteiger partial charge in [0.2, 0.25) is 0 Å². The predicted octanol–water partition coefficient (Wildman–Crippen LogP) is 8.69. The van der Waals surface area contributed by atoms with Gasteiger partial charge in [-0.25, -0.2) is 0 Å². The number of benzene rings is 4. The number of hydrogen-bond acceptors (Lipinski definition) is 0. The quantitative estimate of drug-likeness (QED) is 0.132. The van der Waals surface area contributed by atoms with Crippen LogP contribution in [0.1, 0.15) is 156 Å². The molecule has 0 aliphatic heterocycles. The Morgan fingerprint density at radius 3 is 1.55 bits per heavy atom. The van der Waals surface area contributed by atoms with Crippen molar-refractivity contribution in [2.24, 2.45) is 0 Å². The maximum atomic E-state index is 2.69. The molecular formula is C53H68Cl2Zr. The molecule has 0 fully saturated rings. The molecule has 0 N–H and O–H groups in total. The number of halogens is 2. The van der Waals surface area contributed by atoms with Crippen LogP contribution in [-0.4, -0.2) is 3.21 Å². The molecular weight excluding hydrogens is 799 g/mol. The van der Waals surface area contributed by atoms with Crippen molar-refractivity contribution in [2.45, 2.75) is 159 Å². The van der Waals surface area contributed by atoms with E-state index in [1.807, 2.05) is 6.48 Å². The first-order chi connectivity index (χ1) is 25.5. The van der Waals surface area contributed by atoms with Gasteiger partial charge >= 0.3 is 340 Å². The van der Waals surface area contributed by atoms with Crippen LogP contribution in [0.3, 0.4) is 0 Å². The molecule has 0 bridgehead atoms. The van der Waals surface area contributed by atoms with Crippen molar-refractivity contribution in [3.8, 4) is 33.4 Å². The van der Waals surface area contributed by atoms with E-state index in [0.29, 0.717) is 0 Å². The third kappa shape index (κ3) is 9.12. The topological polar surface area (TPSA) is 0 Å². The Kier molecular flexibility index (Phi) is 15.2. The Morgan fingerprint density at radius 2 is 1.09 bits per heavy atom. The molecule has 298 valence electrons. The fourth-order valence-electron chi connectivity index (χ4n) is 9.87. The molecule has 0 heterocycles. The summed E-state index contributed by atoms with van der Waals surface area (Å²) < 4.78 is 5.55. The Labute approximate surface area is 362 Å². The van der Waals surface area contributed by atoms with Crippen LogP contribution >= 0.6 is 0 Å². The van der Waals surface area contributed by atoms with Crippen LogP contribution in [0.25, 0.3) is 33.4 Å². The van der Waals surface area contributed by atoms with E-state index in [1.54, 1.807) is 20.0 Å². The summed E-state index contributed by atoms with van der Waals surface area (Å²) in [7, 11) is 0. The molecule has 0 nitrogen and oxygen atoms in total. The van der Waals surface area contributed by atoms with Crippen molar-refractivity contribution in [2.75, 3.05) is 0 Å². The van der Waals surface area contributed by atoms with E-state index in [0.717, 1.165) is 12.8 Å². The number of allylic oxidation sites excluding steroid dienone is 4. The van der Waals surface area contributed by atoms with Gasteiger partial charge in [0.15, 0.2) is 0 Å². The standard InChI is InChI=1S/C39H45.C9H18.C5H5.2ClH.Zr/c1-22-13-24(3)36(25(4)14-22)32-18-28-17-29-19-33(37-26(5)15-23(2)16-27(37)6)35(39(10,11)12)21-31(29)30(28)20-34(32)38(7,8)9;1-3-5-7-9-8-6-4-2;1-2-4-5-3-1;;;/h13-16,18,20-21H,17H2,1-12H3;3-8H2,1-2H3;1-3H,4H2;2*1H;/q;;;;;+2/p-2. The molecule has 4 aromatic carbocycles. The van der Waals surface area contributed by atoms with Gasteiger partial charge in [-0.3, -0.25) is 0 Å². The normalized spacial score (nSPS) is 13.1. The summed E-state index contributed by atoms with van der Waals surface area (Å²) in [6, 6.07) is 17.6. The smallest absolute Gasteiger partial charge is 1.00 e. The first-order valence-electron chi connectivity index (χ1n) is 21.1. The van der Waals surface area contributed by atoms with Crippen molar-refractivity contribution < 1.29 is 46.1 Å². The van der Waals surface area contributed by atoms with E-state index >= 15 is 0 Å². The van der Waals surface area contributed by atoms with Crippen molar-refractivity contribution in [3.63, 3.8) is 0 Å². The fraction of sp³-hybridized carbons (Fsp3) is 0.453. The van der Waals surface area contributed by atoms with Crippen LogP contribution in [0.15, 0.2) is 64.0 Å². The van der Waals surface area contributed by atoms with E-state index in [-0.39, 0.29) is 35.6 Å². The molecule has 2 aliphatic carbocycles. The monoisotopic (exact) mass is 864 g/mol. The molecule has 56 heavy (non-hydrogen) atoms. The summed E-state index contributed by atoms with van der Waals surface area (Å²) in [6.45, 7) is 33.4. The second kappa shape index (κ2) is 18.3. The summed E-state index contributed by atoms with van der Waals surface area (Å²) in [4.78, 5) is 0. The van der Waals surface area contributed by atoms with Crippen LogP contribution in [0, 0.1) is 41.5 Å². The van der Waals surface area contributed by atoms with Crippen LogP contribution < -0.4 is 28.1 Å². The molecule has 4 aromatic rings. The van der Waals surface area contributed by atoms with E-state index in [9.17, 15) is 0 Å². The number of fused-ring (bicyclic) bond motifs is 3. The largest absolute Gasteiger partial charge is 1.00 e. The second-order valence-electron chi connectivity index (χ2n) is 19.0. The first-order valence-corrected chi connectivity index (χ1v) is 24.8. The molecule has 0 radical (unpaired) electrons. The van der Waals surface area contributed by atoms with Crippen LogP contribution in [0.5, 0.6) is 0 Å². The van der Waals surface area contributed by atoms with Crippen molar-refractivity contribution in [3.05, 3.63) is 120 Å². The molecule has 3 heteroatoms. The zero-order valence-corrected chi connectivity index (χ0v) is 41.2. The van der Waals surface area contributed by atoms with Gasteiger partial charge in [-0.2, -0.15) is 0 Å². The molecule has 0 saturated heterocycles. The molecule has 0 spiro atoms. The van der Waals surface area contributed by atoms with E-state index in [1.165, 1.54) is 111 Å². The van der Waals surface area contributed by atoms with Crippen LogP contribution in [0.4, 0.5) is 0 Å². The average Bonchev–Trinajstić information content (AvgIpc) is 3.72. The van der Waals surface area contributed by atoms with Crippen LogP contribution in [0.2, 0.25) is 0 Å².